The summed E-state index contributed by atoms with van der Waals surface area (Å²) >= 11 is 0. The first-order valence-corrected chi connectivity index (χ1v) is 9.38. The number of hydrogen-bond acceptors (Lipinski definition) is 3. The van der Waals surface area contributed by atoms with Crippen LogP contribution in [0.5, 0.6) is 5.75 Å². The van der Waals surface area contributed by atoms with Crippen LogP contribution in [0.3, 0.4) is 0 Å². The fourth-order valence-electron chi connectivity index (χ4n) is 3.34. The molecule has 0 unspecified atom stereocenters. The largest absolute Gasteiger partial charge is 0.489 e. The Morgan fingerprint density at radius 3 is 2.32 bits per heavy atom. The van der Waals surface area contributed by atoms with Gasteiger partial charge >= 0.3 is 0 Å². The standard InChI is InChI=1S/C22H30N2O/c1-19-8-3-4-10-21(19)18-25-22-12-6-5-9-20(22)11-7-13-24-16-14-23(2)15-17-24/h3-6,8-10,12H,7,11,13-18H2,1-2H3. The van der Waals surface area contributed by atoms with Crippen molar-refractivity contribution >= 4 is 0 Å². The van der Waals surface area contributed by atoms with Crippen LogP contribution in [0.1, 0.15) is 23.1 Å². The summed E-state index contributed by atoms with van der Waals surface area (Å²) in [6.45, 7) is 8.73. The highest BCUT2D eigenvalue weighted by molar-refractivity contribution is 5.34. The van der Waals surface area contributed by atoms with Gasteiger partial charge in [0.15, 0.2) is 0 Å². The van der Waals surface area contributed by atoms with E-state index < -0.39 is 0 Å². The number of nitrogens with zero attached hydrogens (tertiary/aromatic N) is 2. The van der Waals surface area contributed by atoms with Gasteiger partial charge in [-0.05, 0) is 56.1 Å². The second kappa shape index (κ2) is 9.02. The van der Waals surface area contributed by atoms with Gasteiger partial charge in [0, 0.05) is 26.2 Å². The minimum absolute atomic E-state index is 0.641. The molecule has 0 N–H and O–H groups in total. The predicted octanol–water partition coefficient (Wildman–Crippen LogP) is 3.75. The number of para-hydroxylation sites is 1. The van der Waals surface area contributed by atoms with Crippen molar-refractivity contribution in [1.29, 1.82) is 0 Å². The lowest BCUT2D eigenvalue weighted by Crippen LogP contribution is -2.44. The fraction of sp³-hybridized carbons (Fsp3) is 0.455. The molecule has 0 bridgehead atoms. The monoisotopic (exact) mass is 338 g/mol. The lowest BCUT2D eigenvalue weighted by atomic mass is 10.1. The molecule has 1 aliphatic heterocycles. The second-order valence-electron chi connectivity index (χ2n) is 7.07. The Morgan fingerprint density at radius 2 is 1.56 bits per heavy atom. The molecule has 1 heterocycles. The zero-order valence-corrected chi connectivity index (χ0v) is 15.6. The zero-order valence-electron chi connectivity index (χ0n) is 15.6. The quantitative estimate of drug-likeness (QED) is 0.765. The number of piperazine rings is 1. The van der Waals surface area contributed by atoms with E-state index in [-0.39, 0.29) is 0 Å². The number of likely N-dealkylation sites (N-methyl/N-ethyl adjacent to an activating group) is 1. The molecule has 0 amide bonds. The SMILES string of the molecule is Cc1ccccc1COc1ccccc1CCCN1CCN(C)CC1. The molecule has 1 fully saturated rings. The summed E-state index contributed by atoms with van der Waals surface area (Å²) in [4.78, 5) is 4.99. The Labute approximate surface area is 152 Å². The van der Waals surface area contributed by atoms with Crippen molar-refractivity contribution in [3.8, 4) is 5.75 Å². The first-order chi connectivity index (χ1) is 12.2. The molecule has 3 rings (SSSR count). The van der Waals surface area contributed by atoms with Gasteiger partial charge in [0.05, 0.1) is 0 Å². The number of ether oxygens (including phenoxy) is 1. The van der Waals surface area contributed by atoms with E-state index in [4.69, 9.17) is 4.74 Å². The van der Waals surface area contributed by atoms with Crippen LogP contribution in [0, 0.1) is 6.92 Å². The van der Waals surface area contributed by atoms with Crippen molar-refractivity contribution in [2.24, 2.45) is 0 Å². The van der Waals surface area contributed by atoms with Gasteiger partial charge in [-0.15, -0.1) is 0 Å². The molecule has 3 heteroatoms. The Balaban J connectivity index is 1.51. The third-order valence-electron chi connectivity index (χ3n) is 5.13. The Hall–Kier alpha value is -1.84. The summed E-state index contributed by atoms with van der Waals surface area (Å²) in [6, 6.07) is 16.9. The molecule has 2 aromatic rings. The summed E-state index contributed by atoms with van der Waals surface area (Å²) < 4.78 is 6.14. The lowest BCUT2D eigenvalue weighted by Gasteiger charge is -2.32. The van der Waals surface area contributed by atoms with Crippen LogP contribution >= 0.6 is 0 Å². The van der Waals surface area contributed by atoms with E-state index in [0.717, 1.165) is 12.2 Å². The summed E-state index contributed by atoms with van der Waals surface area (Å²) in [6.07, 6.45) is 2.27. The van der Waals surface area contributed by atoms with Crippen molar-refractivity contribution in [2.75, 3.05) is 39.8 Å². The van der Waals surface area contributed by atoms with Gasteiger partial charge in [0.1, 0.15) is 12.4 Å². The lowest BCUT2D eigenvalue weighted by molar-refractivity contribution is 0.153. The van der Waals surface area contributed by atoms with Crippen molar-refractivity contribution in [3.05, 3.63) is 65.2 Å². The maximum Gasteiger partial charge on any atom is 0.122 e. The average molecular weight is 338 g/mol. The molecular weight excluding hydrogens is 308 g/mol. The fourth-order valence-corrected chi connectivity index (χ4v) is 3.34. The Kier molecular flexibility index (Phi) is 6.48. The van der Waals surface area contributed by atoms with E-state index >= 15 is 0 Å². The zero-order chi connectivity index (χ0) is 17.5. The van der Waals surface area contributed by atoms with Gasteiger partial charge < -0.3 is 14.5 Å². The van der Waals surface area contributed by atoms with Gasteiger partial charge in [0.2, 0.25) is 0 Å². The maximum absolute atomic E-state index is 6.14. The summed E-state index contributed by atoms with van der Waals surface area (Å²) in [7, 11) is 2.21. The molecule has 0 atom stereocenters. The van der Waals surface area contributed by atoms with Crippen molar-refractivity contribution in [3.63, 3.8) is 0 Å². The van der Waals surface area contributed by atoms with Crippen molar-refractivity contribution in [2.45, 2.75) is 26.4 Å². The highest BCUT2D eigenvalue weighted by Gasteiger charge is 2.13. The highest BCUT2D eigenvalue weighted by Crippen LogP contribution is 2.22. The number of benzene rings is 2. The van der Waals surface area contributed by atoms with E-state index in [1.54, 1.807) is 0 Å². The van der Waals surface area contributed by atoms with Crippen LogP contribution < -0.4 is 4.74 Å². The highest BCUT2D eigenvalue weighted by atomic mass is 16.5. The van der Waals surface area contributed by atoms with E-state index in [1.807, 2.05) is 0 Å². The molecule has 0 aromatic heterocycles. The second-order valence-corrected chi connectivity index (χ2v) is 7.07. The molecule has 0 aliphatic carbocycles. The van der Waals surface area contributed by atoms with E-state index in [2.05, 4.69) is 72.3 Å². The first kappa shape index (κ1) is 18.0. The van der Waals surface area contributed by atoms with Crippen molar-refractivity contribution < 1.29 is 4.74 Å². The third kappa shape index (κ3) is 5.32. The number of rotatable bonds is 7. The van der Waals surface area contributed by atoms with Gasteiger partial charge in [-0.2, -0.15) is 0 Å². The summed E-state index contributed by atoms with van der Waals surface area (Å²) in [5.74, 6) is 1.03. The van der Waals surface area contributed by atoms with E-state index in [9.17, 15) is 0 Å². The molecule has 3 nitrogen and oxygen atoms in total. The molecule has 0 saturated carbocycles. The van der Waals surface area contributed by atoms with Crippen LogP contribution in [0.2, 0.25) is 0 Å². The minimum Gasteiger partial charge on any atom is -0.489 e. The van der Waals surface area contributed by atoms with Crippen LogP contribution in [0.25, 0.3) is 0 Å². The van der Waals surface area contributed by atoms with E-state index in [1.165, 1.54) is 55.8 Å². The van der Waals surface area contributed by atoms with Crippen molar-refractivity contribution in [1.82, 2.24) is 9.80 Å². The maximum atomic E-state index is 6.14. The van der Waals surface area contributed by atoms with E-state index in [0.29, 0.717) is 6.61 Å². The molecule has 1 saturated heterocycles. The molecular formula is C22H30N2O. The topological polar surface area (TPSA) is 15.7 Å². The number of hydrogen-bond donors (Lipinski definition) is 0. The van der Waals surface area contributed by atoms with Gasteiger partial charge in [-0.25, -0.2) is 0 Å². The van der Waals surface area contributed by atoms with Gasteiger partial charge in [-0.1, -0.05) is 42.5 Å². The van der Waals surface area contributed by atoms with Crippen LogP contribution in [-0.2, 0) is 13.0 Å². The predicted molar refractivity (Wildman–Crippen MR) is 104 cm³/mol. The van der Waals surface area contributed by atoms with Gasteiger partial charge in [-0.3, -0.25) is 0 Å². The molecule has 0 radical (unpaired) electrons. The summed E-state index contributed by atoms with van der Waals surface area (Å²) in [5.41, 5.74) is 3.87. The third-order valence-corrected chi connectivity index (χ3v) is 5.13. The molecule has 1 aliphatic rings. The first-order valence-electron chi connectivity index (χ1n) is 9.38. The normalized spacial score (nSPS) is 16.1. The van der Waals surface area contributed by atoms with Crippen LogP contribution in [0.4, 0.5) is 0 Å². The number of aryl methyl sites for hydroxylation is 2. The Bertz CT molecular complexity index is 663. The molecule has 134 valence electrons. The minimum atomic E-state index is 0.641. The molecule has 0 spiro atoms. The average Bonchev–Trinajstić information content (AvgIpc) is 2.64. The molecule has 25 heavy (non-hydrogen) atoms. The Morgan fingerprint density at radius 1 is 0.880 bits per heavy atom. The summed E-state index contributed by atoms with van der Waals surface area (Å²) in [5, 5.41) is 0. The van der Waals surface area contributed by atoms with Gasteiger partial charge in [0.25, 0.3) is 0 Å². The van der Waals surface area contributed by atoms with Crippen LogP contribution in [0.15, 0.2) is 48.5 Å². The smallest absolute Gasteiger partial charge is 0.122 e. The molecule has 2 aromatic carbocycles. The van der Waals surface area contributed by atoms with Crippen LogP contribution in [-0.4, -0.2) is 49.6 Å².